The number of hydrogen-bond acceptors (Lipinski definition) is 3. The molecule has 2 rings (SSSR count). The van der Waals surface area contributed by atoms with Crippen LogP contribution in [0.5, 0.6) is 0 Å². The third-order valence-electron chi connectivity index (χ3n) is 2.99. The van der Waals surface area contributed by atoms with Crippen LogP contribution in [0.3, 0.4) is 0 Å². The van der Waals surface area contributed by atoms with E-state index in [9.17, 15) is 4.79 Å². The van der Waals surface area contributed by atoms with Crippen molar-refractivity contribution in [3.8, 4) is 0 Å². The van der Waals surface area contributed by atoms with Gasteiger partial charge in [0.25, 0.3) is 5.91 Å². The fourth-order valence-corrected chi connectivity index (χ4v) is 3.05. The molecule has 0 aliphatic carbocycles. The zero-order valence-corrected chi connectivity index (χ0v) is 13.5. The summed E-state index contributed by atoms with van der Waals surface area (Å²) in [5, 5.41) is 0. The molecular formula is C14H15BrN2OS. The van der Waals surface area contributed by atoms with Gasteiger partial charge in [0, 0.05) is 16.4 Å². The summed E-state index contributed by atoms with van der Waals surface area (Å²) in [5.74, 6) is 0.0170. The first-order chi connectivity index (χ1) is 9.00. The minimum atomic E-state index is 0.0170. The molecule has 0 fully saturated rings. The molecule has 5 heteroatoms. The van der Waals surface area contributed by atoms with E-state index >= 15 is 0 Å². The number of rotatable bonds is 3. The van der Waals surface area contributed by atoms with Gasteiger partial charge in [-0.15, -0.1) is 11.3 Å². The molecule has 1 aromatic heterocycles. The van der Waals surface area contributed by atoms with E-state index < -0.39 is 0 Å². The van der Waals surface area contributed by atoms with Crippen LogP contribution < -0.4 is 0 Å². The van der Waals surface area contributed by atoms with Gasteiger partial charge < -0.3 is 4.90 Å². The summed E-state index contributed by atoms with van der Waals surface area (Å²) < 4.78 is 0.868. The lowest BCUT2D eigenvalue weighted by atomic mass is 10.1. The first kappa shape index (κ1) is 14.2. The van der Waals surface area contributed by atoms with E-state index in [1.807, 2.05) is 44.6 Å². The maximum atomic E-state index is 12.4. The van der Waals surface area contributed by atoms with Gasteiger partial charge in [-0.05, 0) is 41.4 Å². The Morgan fingerprint density at radius 1 is 1.42 bits per heavy atom. The number of carbonyl (C=O) groups excluding carboxylic acids is 1. The molecule has 100 valence electrons. The third-order valence-corrected chi connectivity index (χ3v) is 4.97. The lowest BCUT2D eigenvalue weighted by molar-refractivity contribution is 0.0785. The number of halogens is 1. The second-order valence-electron chi connectivity index (χ2n) is 4.46. The second kappa shape index (κ2) is 5.84. The lowest BCUT2D eigenvalue weighted by Gasteiger charge is -2.18. The van der Waals surface area contributed by atoms with Crippen molar-refractivity contribution in [3.63, 3.8) is 0 Å². The molecule has 0 radical (unpaired) electrons. The second-order valence-corrected chi connectivity index (χ2v) is 6.19. The third kappa shape index (κ3) is 3.04. The molecule has 3 nitrogen and oxygen atoms in total. The first-order valence-corrected chi connectivity index (χ1v) is 7.57. The van der Waals surface area contributed by atoms with Crippen LogP contribution >= 0.6 is 27.3 Å². The van der Waals surface area contributed by atoms with E-state index in [-0.39, 0.29) is 5.91 Å². The number of nitrogens with zero attached hydrogens (tertiary/aromatic N) is 2. The van der Waals surface area contributed by atoms with Crippen molar-refractivity contribution in [2.24, 2.45) is 0 Å². The fraction of sp³-hybridized carbons (Fsp3) is 0.286. The highest BCUT2D eigenvalue weighted by molar-refractivity contribution is 9.10. The van der Waals surface area contributed by atoms with Crippen LogP contribution in [0.4, 0.5) is 0 Å². The quantitative estimate of drug-likeness (QED) is 0.852. The fourth-order valence-electron chi connectivity index (χ4n) is 1.78. The van der Waals surface area contributed by atoms with E-state index in [0.29, 0.717) is 12.1 Å². The van der Waals surface area contributed by atoms with Gasteiger partial charge in [0.2, 0.25) is 0 Å². The zero-order valence-electron chi connectivity index (χ0n) is 11.1. The molecule has 0 aliphatic heterocycles. The average molecular weight is 339 g/mol. The Morgan fingerprint density at radius 2 is 2.16 bits per heavy atom. The Bertz CT molecular complexity index is 609. The van der Waals surface area contributed by atoms with Crippen molar-refractivity contribution in [1.82, 2.24) is 9.88 Å². The largest absolute Gasteiger partial charge is 0.336 e. The van der Waals surface area contributed by atoms with Crippen molar-refractivity contribution in [2.75, 3.05) is 7.05 Å². The SMILES string of the molecule is Cc1cccc(C(=O)N(C)Cc2scnc2C)c1Br. The van der Waals surface area contributed by atoms with Gasteiger partial charge in [-0.1, -0.05) is 12.1 Å². The highest BCUT2D eigenvalue weighted by atomic mass is 79.9. The topological polar surface area (TPSA) is 33.2 Å². The summed E-state index contributed by atoms with van der Waals surface area (Å²) in [4.78, 5) is 19.5. The molecular weight excluding hydrogens is 324 g/mol. The monoisotopic (exact) mass is 338 g/mol. The number of aryl methyl sites for hydroxylation is 2. The Morgan fingerprint density at radius 3 is 2.79 bits per heavy atom. The van der Waals surface area contributed by atoms with E-state index in [1.54, 1.807) is 16.2 Å². The van der Waals surface area contributed by atoms with Crippen LogP contribution in [0, 0.1) is 13.8 Å². The van der Waals surface area contributed by atoms with Crippen LogP contribution in [0.15, 0.2) is 28.2 Å². The predicted octanol–water partition coefficient (Wildman–Crippen LogP) is 3.79. The van der Waals surface area contributed by atoms with E-state index in [2.05, 4.69) is 20.9 Å². The highest BCUT2D eigenvalue weighted by Crippen LogP contribution is 2.23. The molecule has 2 aromatic rings. The van der Waals surface area contributed by atoms with Gasteiger partial charge in [-0.3, -0.25) is 4.79 Å². The Balaban J connectivity index is 2.20. The predicted molar refractivity (Wildman–Crippen MR) is 81.5 cm³/mol. The summed E-state index contributed by atoms with van der Waals surface area (Å²) in [6.45, 7) is 4.54. The molecule has 1 aromatic carbocycles. The van der Waals surface area contributed by atoms with Gasteiger partial charge in [0.15, 0.2) is 0 Å². The van der Waals surface area contributed by atoms with Gasteiger partial charge in [-0.2, -0.15) is 0 Å². The number of aromatic nitrogens is 1. The number of hydrogen-bond donors (Lipinski definition) is 0. The lowest BCUT2D eigenvalue weighted by Crippen LogP contribution is -2.26. The standard InChI is InChI=1S/C14H15BrN2OS/c1-9-5-4-6-11(13(9)15)14(18)17(3)7-12-10(2)16-8-19-12/h4-6,8H,7H2,1-3H3. The van der Waals surface area contributed by atoms with Crippen LogP contribution in [0.2, 0.25) is 0 Å². The molecule has 19 heavy (non-hydrogen) atoms. The van der Waals surface area contributed by atoms with Crippen molar-refractivity contribution in [3.05, 3.63) is 49.9 Å². The number of carbonyl (C=O) groups is 1. The van der Waals surface area contributed by atoms with Crippen molar-refractivity contribution < 1.29 is 4.79 Å². The zero-order chi connectivity index (χ0) is 14.0. The summed E-state index contributed by atoms with van der Waals surface area (Å²) in [5.41, 5.74) is 4.57. The normalized spacial score (nSPS) is 10.5. The van der Waals surface area contributed by atoms with Gasteiger partial charge in [-0.25, -0.2) is 4.98 Å². The molecule has 0 spiro atoms. The van der Waals surface area contributed by atoms with E-state index in [0.717, 1.165) is 20.6 Å². The maximum Gasteiger partial charge on any atom is 0.255 e. The summed E-state index contributed by atoms with van der Waals surface area (Å²) in [7, 11) is 1.82. The van der Waals surface area contributed by atoms with Gasteiger partial charge in [0.1, 0.15) is 0 Å². The van der Waals surface area contributed by atoms with Crippen LogP contribution in [0.1, 0.15) is 26.5 Å². The van der Waals surface area contributed by atoms with Crippen LogP contribution in [-0.2, 0) is 6.54 Å². The minimum Gasteiger partial charge on any atom is -0.336 e. The number of amides is 1. The molecule has 0 atom stereocenters. The molecule has 0 unspecified atom stereocenters. The molecule has 0 saturated heterocycles. The summed E-state index contributed by atoms with van der Waals surface area (Å²) >= 11 is 5.07. The molecule has 1 amide bonds. The van der Waals surface area contributed by atoms with Gasteiger partial charge in [0.05, 0.1) is 23.3 Å². The molecule has 0 saturated carbocycles. The summed E-state index contributed by atoms with van der Waals surface area (Å²) in [6.07, 6.45) is 0. The van der Waals surface area contributed by atoms with E-state index in [1.165, 1.54) is 0 Å². The highest BCUT2D eigenvalue weighted by Gasteiger charge is 2.17. The average Bonchev–Trinajstić information content (AvgIpc) is 2.77. The maximum absolute atomic E-state index is 12.4. The summed E-state index contributed by atoms with van der Waals surface area (Å²) in [6, 6.07) is 5.72. The number of benzene rings is 1. The van der Waals surface area contributed by atoms with Gasteiger partial charge >= 0.3 is 0 Å². The number of thiazole rings is 1. The minimum absolute atomic E-state index is 0.0170. The Hall–Kier alpha value is -1.20. The van der Waals surface area contributed by atoms with Crippen LogP contribution in [0.25, 0.3) is 0 Å². The Labute approximate surface area is 125 Å². The molecule has 0 N–H and O–H groups in total. The van der Waals surface area contributed by atoms with E-state index in [4.69, 9.17) is 0 Å². The van der Waals surface area contributed by atoms with Crippen molar-refractivity contribution in [1.29, 1.82) is 0 Å². The van der Waals surface area contributed by atoms with Crippen LogP contribution in [-0.4, -0.2) is 22.8 Å². The first-order valence-electron chi connectivity index (χ1n) is 5.90. The molecule has 0 bridgehead atoms. The van der Waals surface area contributed by atoms with Crippen molar-refractivity contribution in [2.45, 2.75) is 20.4 Å². The molecule has 0 aliphatic rings. The smallest absolute Gasteiger partial charge is 0.255 e. The Kier molecular flexibility index (Phi) is 4.37. The van der Waals surface area contributed by atoms with Crippen molar-refractivity contribution >= 4 is 33.2 Å². The molecule has 1 heterocycles.